The first-order chi connectivity index (χ1) is 12.8. The topological polar surface area (TPSA) is 76.2 Å². The van der Waals surface area contributed by atoms with E-state index in [0.29, 0.717) is 5.69 Å². The van der Waals surface area contributed by atoms with E-state index in [1.807, 2.05) is 31.2 Å². The normalized spacial score (nSPS) is 11.4. The maximum Gasteiger partial charge on any atom is 0.355 e. The van der Waals surface area contributed by atoms with E-state index >= 15 is 0 Å². The number of aryl methyl sites for hydroxylation is 1. The minimum absolute atomic E-state index is 0.254. The number of esters is 1. The Bertz CT molecular complexity index is 1060. The van der Waals surface area contributed by atoms with Crippen LogP contribution in [0.3, 0.4) is 0 Å². The number of aromatic amines is 1. The molecule has 1 N–H and O–H groups in total. The van der Waals surface area contributed by atoms with Crippen LogP contribution in [0.5, 0.6) is 0 Å². The van der Waals surface area contributed by atoms with E-state index in [1.165, 1.54) is 6.26 Å². The van der Waals surface area contributed by atoms with Crippen molar-refractivity contribution in [3.8, 4) is 22.3 Å². The number of ether oxygens (including phenoxy) is 1. The van der Waals surface area contributed by atoms with E-state index in [9.17, 15) is 13.2 Å². The van der Waals surface area contributed by atoms with Gasteiger partial charge in [0.25, 0.3) is 0 Å². The number of sulfone groups is 1. The van der Waals surface area contributed by atoms with Crippen LogP contribution in [0, 0.1) is 6.92 Å². The van der Waals surface area contributed by atoms with Crippen LogP contribution in [0.2, 0.25) is 0 Å². The smallest absolute Gasteiger partial charge is 0.355 e. The highest BCUT2D eigenvalue weighted by Crippen LogP contribution is 2.36. The van der Waals surface area contributed by atoms with E-state index in [0.717, 1.165) is 27.8 Å². The van der Waals surface area contributed by atoms with E-state index in [1.54, 1.807) is 37.4 Å². The summed E-state index contributed by atoms with van der Waals surface area (Å²) in [6.07, 6.45) is 2.92. The van der Waals surface area contributed by atoms with Gasteiger partial charge >= 0.3 is 5.97 Å². The summed E-state index contributed by atoms with van der Waals surface area (Å²) < 4.78 is 28.6. The fourth-order valence-corrected chi connectivity index (χ4v) is 3.55. The van der Waals surface area contributed by atoms with Crippen LogP contribution in [-0.2, 0) is 14.6 Å². The zero-order valence-corrected chi connectivity index (χ0v) is 16.3. The molecular weight excluding hydrogens is 362 g/mol. The highest BCUT2D eigenvalue weighted by Gasteiger charge is 2.21. The molecule has 0 aliphatic carbocycles. The molecule has 0 saturated carbocycles. The van der Waals surface area contributed by atoms with Gasteiger partial charge in [0, 0.05) is 23.6 Å². The Morgan fingerprint density at radius 2 is 1.59 bits per heavy atom. The van der Waals surface area contributed by atoms with Gasteiger partial charge < -0.3 is 9.72 Å². The Balaban J connectivity index is 2.15. The molecule has 0 aliphatic rings. The van der Waals surface area contributed by atoms with Crippen LogP contribution >= 0.6 is 0 Å². The molecule has 0 amide bonds. The van der Waals surface area contributed by atoms with Crippen LogP contribution in [0.4, 0.5) is 0 Å². The average Bonchev–Trinajstić information content (AvgIpc) is 3.07. The number of carbonyl (C=O) groups is 1. The van der Waals surface area contributed by atoms with Gasteiger partial charge in [0.15, 0.2) is 9.84 Å². The maximum atomic E-state index is 12.4. The Labute approximate surface area is 158 Å². The first-order valence-electron chi connectivity index (χ1n) is 8.57. The molecule has 6 heteroatoms. The second-order valence-electron chi connectivity index (χ2n) is 6.34. The number of aromatic nitrogens is 1. The van der Waals surface area contributed by atoms with Crippen LogP contribution in [0.1, 0.15) is 23.0 Å². The molecule has 3 aromatic rings. The van der Waals surface area contributed by atoms with E-state index in [4.69, 9.17) is 4.74 Å². The van der Waals surface area contributed by atoms with Gasteiger partial charge in [0.05, 0.1) is 11.5 Å². The standard InChI is InChI=1S/C21H21NO4S/c1-4-26-21(23)20-19(16-7-5-14(2)6-8-16)18(13-22-20)15-9-11-17(12-10-15)27(3,24)25/h5-13,22H,4H2,1-3H3. The summed E-state index contributed by atoms with van der Waals surface area (Å²) in [5.74, 6) is -0.424. The van der Waals surface area contributed by atoms with Crippen molar-refractivity contribution in [2.75, 3.05) is 12.9 Å². The van der Waals surface area contributed by atoms with Gasteiger partial charge in [-0.2, -0.15) is 0 Å². The fraction of sp³-hybridized carbons (Fsp3) is 0.190. The number of nitrogens with one attached hydrogen (secondary N) is 1. The molecule has 0 saturated heterocycles. The Kier molecular flexibility index (Phi) is 5.19. The highest BCUT2D eigenvalue weighted by molar-refractivity contribution is 7.90. The van der Waals surface area contributed by atoms with Crippen molar-refractivity contribution in [1.29, 1.82) is 0 Å². The molecule has 0 radical (unpaired) electrons. The van der Waals surface area contributed by atoms with Gasteiger partial charge in [-0.3, -0.25) is 0 Å². The maximum absolute atomic E-state index is 12.4. The molecule has 0 spiro atoms. The molecule has 0 bridgehead atoms. The lowest BCUT2D eigenvalue weighted by Gasteiger charge is -2.09. The lowest BCUT2D eigenvalue weighted by atomic mass is 9.96. The number of H-pyrrole nitrogens is 1. The SMILES string of the molecule is CCOC(=O)c1[nH]cc(-c2ccc(S(C)(=O)=O)cc2)c1-c1ccc(C)cc1. The summed E-state index contributed by atoms with van der Waals surface area (Å²) in [6.45, 7) is 4.04. The largest absolute Gasteiger partial charge is 0.461 e. The summed E-state index contributed by atoms with van der Waals surface area (Å²) in [7, 11) is -3.27. The second-order valence-corrected chi connectivity index (χ2v) is 8.35. The zero-order valence-electron chi connectivity index (χ0n) is 15.4. The molecule has 3 rings (SSSR count). The molecule has 0 fully saturated rings. The molecule has 0 aliphatic heterocycles. The van der Waals surface area contributed by atoms with Crippen molar-refractivity contribution in [1.82, 2.24) is 4.98 Å². The molecule has 0 atom stereocenters. The van der Waals surface area contributed by atoms with Gasteiger partial charge in [-0.1, -0.05) is 42.0 Å². The van der Waals surface area contributed by atoms with E-state index in [2.05, 4.69) is 4.98 Å². The minimum atomic E-state index is -3.27. The Morgan fingerprint density at radius 1 is 1.00 bits per heavy atom. The third-order valence-corrected chi connectivity index (χ3v) is 5.42. The van der Waals surface area contributed by atoms with Crippen LogP contribution < -0.4 is 0 Å². The number of hydrogen-bond acceptors (Lipinski definition) is 4. The highest BCUT2D eigenvalue weighted by atomic mass is 32.2. The average molecular weight is 383 g/mol. The minimum Gasteiger partial charge on any atom is -0.461 e. The Hall–Kier alpha value is -2.86. The zero-order chi connectivity index (χ0) is 19.6. The number of benzene rings is 2. The van der Waals surface area contributed by atoms with Gasteiger partial charge in [0.2, 0.25) is 0 Å². The van der Waals surface area contributed by atoms with Crippen molar-refractivity contribution in [3.63, 3.8) is 0 Å². The third kappa shape index (κ3) is 3.95. The van der Waals surface area contributed by atoms with Crippen LogP contribution in [0.25, 0.3) is 22.3 Å². The Morgan fingerprint density at radius 3 is 2.15 bits per heavy atom. The summed E-state index contributed by atoms with van der Waals surface area (Å²) in [4.78, 5) is 15.7. The monoisotopic (exact) mass is 383 g/mol. The quantitative estimate of drug-likeness (QED) is 0.669. The molecular formula is C21H21NO4S. The number of hydrogen-bond donors (Lipinski definition) is 1. The van der Waals surface area contributed by atoms with Crippen molar-refractivity contribution in [3.05, 3.63) is 66.0 Å². The van der Waals surface area contributed by atoms with Crippen molar-refractivity contribution in [2.45, 2.75) is 18.7 Å². The van der Waals surface area contributed by atoms with Crippen molar-refractivity contribution >= 4 is 15.8 Å². The van der Waals surface area contributed by atoms with Crippen LogP contribution in [-0.4, -0.2) is 32.2 Å². The van der Waals surface area contributed by atoms with E-state index < -0.39 is 15.8 Å². The summed E-state index contributed by atoms with van der Waals surface area (Å²) >= 11 is 0. The van der Waals surface area contributed by atoms with Gasteiger partial charge in [-0.15, -0.1) is 0 Å². The summed E-state index contributed by atoms with van der Waals surface area (Å²) in [5.41, 5.74) is 4.73. The molecule has 140 valence electrons. The molecule has 5 nitrogen and oxygen atoms in total. The molecule has 2 aromatic carbocycles. The van der Waals surface area contributed by atoms with Gasteiger partial charge in [-0.25, -0.2) is 13.2 Å². The number of carbonyl (C=O) groups excluding carboxylic acids is 1. The predicted octanol–water partition coefficient (Wildman–Crippen LogP) is 4.24. The van der Waals surface area contributed by atoms with Gasteiger partial charge in [-0.05, 0) is 37.1 Å². The fourth-order valence-electron chi connectivity index (χ4n) is 2.92. The van der Waals surface area contributed by atoms with Crippen LogP contribution in [0.15, 0.2) is 59.6 Å². The summed E-state index contributed by atoms with van der Waals surface area (Å²) in [6, 6.07) is 14.5. The first-order valence-corrected chi connectivity index (χ1v) is 10.5. The van der Waals surface area contributed by atoms with Gasteiger partial charge in [0.1, 0.15) is 5.69 Å². The third-order valence-electron chi connectivity index (χ3n) is 4.29. The first kappa shape index (κ1) is 18.9. The molecule has 27 heavy (non-hydrogen) atoms. The van der Waals surface area contributed by atoms with E-state index in [-0.39, 0.29) is 11.5 Å². The summed E-state index contributed by atoms with van der Waals surface area (Å²) in [5, 5.41) is 0. The van der Waals surface area contributed by atoms with Crippen molar-refractivity contribution in [2.24, 2.45) is 0 Å². The second kappa shape index (κ2) is 7.40. The lowest BCUT2D eigenvalue weighted by Crippen LogP contribution is -2.06. The molecule has 1 heterocycles. The number of rotatable bonds is 5. The van der Waals surface area contributed by atoms with Crippen molar-refractivity contribution < 1.29 is 17.9 Å². The lowest BCUT2D eigenvalue weighted by molar-refractivity contribution is 0.0521. The molecule has 1 aromatic heterocycles. The predicted molar refractivity (Wildman–Crippen MR) is 105 cm³/mol. The molecule has 0 unspecified atom stereocenters.